The van der Waals surface area contributed by atoms with Gasteiger partial charge >= 0.3 is 0 Å². The molecule has 72 valence electrons. The molecule has 0 spiro atoms. The molecule has 0 unspecified atom stereocenters. The van der Waals surface area contributed by atoms with Crippen LogP contribution in [0.4, 0.5) is 0 Å². The van der Waals surface area contributed by atoms with E-state index < -0.39 is 6.10 Å². The average Bonchev–Trinajstić information content (AvgIpc) is 2.27. The molecule has 1 heterocycles. The Morgan fingerprint density at radius 3 is 3.00 bits per heavy atom. The average molecular weight is 188 g/mol. The SMILES string of the molecule is NC[C@@H](O)c1cccc2cnccc12. The van der Waals surface area contributed by atoms with Crippen LogP contribution in [0, 0.1) is 0 Å². The van der Waals surface area contributed by atoms with Gasteiger partial charge in [-0.15, -0.1) is 0 Å². The summed E-state index contributed by atoms with van der Waals surface area (Å²) >= 11 is 0. The van der Waals surface area contributed by atoms with Gasteiger partial charge in [-0.3, -0.25) is 4.98 Å². The summed E-state index contributed by atoms with van der Waals surface area (Å²) in [6.45, 7) is 0.238. The topological polar surface area (TPSA) is 59.1 Å². The van der Waals surface area contributed by atoms with Gasteiger partial charge in [0.05, 0.1) is 6.10 Å². The highest BCUT2D eigenvalue weighted by Crippen LogP contribution is 2.22. The van der Waals surface area contributed by atoms with Crippen LogP contribution < -0.4 is 5.73 Å². The van der Waals surface area contributed by atoms with Gasteiger partial charge in [0.2, 0.25) is 0 Å². The minimum absolute atomic E-state index is 0.238. The Hall–Kier alpha value is -1.45. The highest BCUT2D eigenvalue weighted by molar-refractivity contribution is 5.85. The van der Waals surface area contributed by atoms with E-state index in [1.165, 1.54) is 0 Å². The third-order valence-corrected chi connectivity index (χ3v) is 2.30. The molecular weight excluding hydrogens is 176 g/mol. The van der Waals surface area contributed by atoms with E-state index in [9.17, 15) is 5.11 Å². The first-order chi connectivity index (χ1) is 6.83. The van der Waals surface area contributed by atoms with E-state index in [1.54, 1.807) is 12.4 Å². The molecule has 1 atom stereocenters. The van der Waals surface area contributed by atoms with Crippen LogP contribution in [0.25, 0.3) is 10.8 Å². The Balaban J connectivity index is 2.65. The number of hydrogen-bond acceptors (Lipinski definition) is 3. The zero-order chi connectivity index (χ0) is 9.97. The highest BCUT2D eigenvalue weighted by Gasteiger charge is 2.08. The fourth-order valence-corrected chi connectivity index (χ4v) is 1.57. The van der Waals surface area contributed by atoms with Crippen LogP contribution in [0.2, 0.25) is 0 Å². The van der Waals surface area contributed by atoms with Gasteiger partial charge in [0.1, 0.15) is 0 Å². The number of pyridine rings is 1. The predicted octanol–water partition coefficient (Wildman–Crippen LogP) is 1.23. The summed E-state index contributed by atoms with van der Waals surface area (Å²) in [6.07, 6.45) is 2.90. The zero-order valence-electron chi connectivity index (χ0n) is 7.72. The summed E-state index contributed by atoms with van der Waals surface area (Å²) in [7, 11) is 0. The first kappa shape index (κ1) is 9.12. The molecule has 0 aliphatic carbocycles. The molecule has 2 aromatic rings. The molecule has 0 saturated heterocycles. The van der Waals surface area contributed by atoms with Crippen LogP contribution in [-0.4, -0.2) is 16.6 Å². The van der Waals surface area contributed by atoms with Gasteiger partial charge in [0.15, 0.2) is 0 Å². The van der Waals surface area contributed by atoms with Crippen LogP contribution in [0.5, 0.6) is 0 Å². The van der Waals surface area contributed by atoms with E-state index in [0.29, 0.717) is 0 Å². The molecule has 0 aliphatic heterocycles. The van der Waals surface area contributed by atoms with Gasteiger partial charge in [-0.05, 0) is 17.0 Å². The monoisotopic (exact) mass is 188 g/mol. The first-order valence-corrected chi connectivity index (χ1v) is 4.53. The molecule has 3 nitrogen and oxygen atoms in total. The van der Waals surface area contributed by atoms with Crippen molar-refractivity contribution in [1.82, 2.24) is 4.98 Å². The van der Waals surface area contributed by atoms with E-state index in [2.05, 4.69) is 4.98 Å². The van der Waals surface area contributed by atoms with Gasteiger partial charge in [0, 0.05) is 24.3 Å². The summed E-state index contributed by atoms with van der Waals surface area (Å²) < 4.78 is 0. The summed E-state index contributed by atoms with van der Waals surface area (Å²) in [5, 5.41) is 11.7. The largest absolute Gasteiger partial charge is 0.387 e. The van der Waals surface area contributed by atoms with Crippen molar-refractivity contribution in [3.05, 3.63) is 42.2 Å². The maximum atomic E-state index is 9.68. The number of rotatable bonds is 2. The Morgan fingerprint density at radius 2 is 2.21 bits per heavy atom. The molecule has 0 radical (unpaired) electrons. The Morgan fingerprint density at radius 1 is 1.36 bits per heavy atom. The molecule has 1 aromatic heterocycles. The van der Waals surface area contributed by atoms with Gasteiger partial charge in [0.25, 0.3) is 0 Å². The van der Waals surface area contributed by atoms with Crippen LogP contribution in [0.3, 0.4) is 0 Å². The van der Waals surface area contributed by atoms with Gasteiger partial charge in [-0.1, -0.05) is 18.2 Å². The lowest BCUT2D eigenvalue weighted by Gasteiger charge is -2.10. The number of aromatic nitrogens is 1. The molecule has 3 N–H and O–H groups in total. The number of benzene rings is 1. The van der Waals surface area contributed by atoms with E-state index in [0.717, 1.165) is 16.3 Å². The number of nitrogens with two attached hydrogens (primary N) is 1. The lowest BCUT2D eigenvalue weighted by molar-refractivity contribution is 0.188. The normalized spacial score (nSPS) is 13.0. The summed E-state index contributed by atoms with van der Waals surface area (Å²) in [5.74, 6) is 0. The first-order valence-electron chi connectivity index (χ1n) is 4.53. The highest BCUT2D eigenvalue weighted by atomic mass is 16.3. The van der Waals surface area contributed by atoms with E-state index in [4.69, 9.17) is 5.73 Å². The molecular formula is C11H12N2O. The molecule has 0 aliphatic rings. The second kappa shape index (κ2) is 3.74. The Kier molecular flexibility index (Phi) is 2.43. The van der Waals surface area contributed by atoms with E-state index >= 15 is 0 Å². The van der Waals surface area contributed by atoms with Crippen molar-refractivity contribution in [1.29, 1.82) is 0 Å². The molecule has 2 rings (SSSR count). The maximum Gasteiger partial charge on any atom is 0.0918 e. The second-order valence-corrected chi connectivity index (χ2v) is 3.20. The maximum absolute atomic E-state index is 9.68. The van der Waals surface area contributed by atoms with Crippen molar-refractivity contribution in [3.63, 3.8) is 0 Å². The van der Waals surface area contributed by atoms with Crippen molar-refractivity contribution < 1.29 is 5.11 Å². The molecule has 0 amide bonds. The molecule has 0 fully saturated rings. The summed E-state index contributed by atoms with van der Waals surface area (Å²) in [6, 6.07) is 7.65. The minimum Gasteiger partial charge on any atom is -0.387 e. The van der Waals surface area contributed by atoms with Crippen molar-refractivity contribution in [2.75, 3.05) is 6.54 Å². The molecule has 0 bridgehead atoms. The minimum atomic E-state index is -0.596. The zero-order valence-corrected chi connectivity index (χ0v) is 7.72. The smallest absolute Gasteiger partial charge is 0.0918 e. The Labute approximate surface area is 82.2 Å². The molecule has 1 aromatic carbocycles. The number of nitrogens with zero attached hydrogens (tertiary/aromatic N) is 1. The van der Waals surface area contributed by atoms with Crippen molar-refractivity contribution in [2.45, 2.75) is 6.10 Å². The number of aliphatic hydroxyl groups excluding tert-OH is 1. The third-order valence-electron chi connectivity index (χ3n) is 2.30. The summed E-state index contributed by atoms with van der Waals surface area (Å²) in [4.78, 5) is 4.03. The number of aliphatic hydroxyl groups is 1. The van der Waals surface area contributed by atoms with Gasteiger partial charge in [-0.2, -0.15) is 0 Å². The second-order valence-electron chi connectivity index (χ2n) is 3.20. The van der Waals surface area contributed by atoms with E-state index in [-0.39, 0.29) is 6.54 Å². The molecule has 0 saturated carbocycles. The van der Waals surface area contributed by atoms with Crippen LogP contribution in [0.15, 0.2) is 36.7 Å². The van der Waals surface area contributed by atoms with Gasteiger partial charge in [-0.25, -0.2) is 0 Å². The van der Waals surface area contributed by atoms with Crippen LogP contribution in [-0.2, 0) is 0 Å². The van der Waals surface area contributed by atoms with Crippen molar-refractivity contribution in [3.8, 4) is 0 Å². The van der Waals surface area contributed by atoms with Crippen molar-refractivity contribution in [2.24, 2.45) is 5.73 Å². The van der Waals surface area contributed by atoms with Crippen LogP contribution >= 0.6 is 0 Å². The summed E-state index contributed by atoms with van der Waals surface area (Å²) in [5.41, 5.74) is 6.30. The van der Waals surface area contributed by atoms with E-state index in [1.807, 2.05) is 24.3 Å². The third kappa shape index (κ3) is 1.47. The lowest BCUT2D eigenvalue weighted by Crippen LogP contribution is -2.11. The predicted molar refractivity (Wildman–Crippen MR) is 55.8 cm³/mol. The van der Waals surface area contributed by atoms with Crippen LogP contribution in [0.1, 0.15) is 11.7 Å². The van der Waals surface area contributed by atoms with Crippen molar-refractivity contribution >= 4 is 10.8 Å². The fraction of sp³-hybridized carbons (Fsp3) is 0.182. The molecule has 14 heavy (non-hydrogen) atoms. The number of fused-ring (bicyclic) bond motifs is 1. The quantitative estimate of drug-likeness (QED) is 0.745. The van der Waals surface area contributed by atoms with Gasteiger partial charge < -0.3 is 10.8 Å². The lowest BCUT2D eigenvalue weighted by atomic mass is 10.0. The Bertz CT molecular complexity index is 437. The molecule has 3 heteroatoms. The standard InChI is InChI=1S/C11H12N2O/c12-6-11(14)10-3-1-2-8-7-13-5-4-9(8)10/h1-5,7,11,14H,6,12H2/t11-/m1/s1. The number of hydrogen-bond donors (Lipinski definition) is 2. The fourth-order valence-electron chi connectivity index (χ4n) is 1.57.